The third-order valence-electron chi connectivity index (χ3n) is 15.1. The Morgan fingerprint density at radius 2 is 0.713 bits per heavy atom. The lowest BCUT2D eigenvalue weighted by Gasteiger charge is -2.14. The molecule has 14 nitrogen and oxygen atoms in total. The van der Waals surface area contributed by atoms with Crippen molar-refractivity contribution in [3.8, 4) is 45.3 Å². The van der Waals surface area contributed by atoms with Crippen molar-refractivity contribution in [2.75, 3.05) is 106 Å². The minimum atomic E-state index is 0.353. The van der Waals surface area contributed by atoms with Crippen molar-refractivity contribution >= 4 is 44.4 Å². The van der Waals surface area contributed by atoms with E-state index in [1.807, 2.05) is 48.5 Å². The second kappa shape index (κ2) is 28.6. The maximum Gasteiger partial charge on any atom is 0.127 e. The molecule has 0 saturated carbocycles. The highest BCUT2D eigenvalue weighted by Crippen LogP contribution is 2.46. The van der Waals surface area contributed by atoms with Gasteiger partial charge in [0.25, 0.3) is 0 Å². The molecule has 0 unspecified atom stereocenters. The molecule has 6 aliphatic heterocycles. The molecule has 3 aromatic heterocycles. The van der Waals surface area contributed by atoms with Crippen molar-refractivity contribution in [1.29, 1.82) is 0 Å². The number of rotatable bonds is 4. The molecular formula is C66H80N4O10. The van der Waals surface area contributed by atoms with Crippen LogP contribution in [0.2, 0.25) is 0 Å². The van der Waals surface area contributed by atoms with Gasteiger partial charge in [0, 0.05) is 33.3 Å². The highest BCUT2D eigenvalue weighted by atomic mass is 16.6. The van der Waals surface area contributed by atoms with Crippen LogP contribution in [-0.2, 0) is 41.3 Å². The van der Waals surface area contributed by atoms with Crippen LogP contribution in [0, 0.1) is 13.8 Å². The van der Waals surface area contributed by atoms with Crippen LogP contribution in [0.3, 0.4) is 0 Å². The summed E-state index contributed by atoms with van der Waals surface area (Å²) in [5, 5.41) is 0. The van der Waals surface area contributed by atoms with Gasteiger partial charge in [0.05, 0.1) is 113 Å². The fourth-order valence-electron chi connectivity index (χ4n) is 11.0. The number of aromatic amines is 2. The largest absolute Gasteiger partial charge is 0.491 e. The summed E-state index contributed by atoms with van der Waals surface area (Å²) in [5.41, 5.74) is 21.1. The maximum atomic E-state index is 6.66. The number of aromatic nitrogens is 4. The molecule has 2 N–H and O–H groups in total. The number of nitrogens with one attached hydrogen (secondary N) is 2. The Morgan fingerprint density at radius 1 is 0.388 bits per heavy atom. The summed E-state index contributed by atoms with van der Waals surface area (Å²) in [5.74, 6) is 2.99. The van der Waals surface area contributed by atoms with Crippen molar-refractivity contribution < 1.29 is 47.4 Å². The van der Waals surface area contributed by atoms with Gasteiger partial charge in [0.15, 0.2) is 0 Å². The Hall–Kier alpha value is -6.78. The Bertz CT molecular complexity index is 3080. The van der Waals surface area contributed by atoms with E-state index in [1.54, 1.807) is 0 Å². The first-order valence-electron chi connectivity index (χ1n) is 28.7. The first-order valence-corrected chi connectivity index (χ1v) is 28.7. The van der Waals surface area contributed by atoms with Gasteiger partial charge in [-0.1, -0.05) is 64.1 Å². The summed E-state index contributed by atoms with van der Waals surface area (Å²) in [6, 6.07) is 28.6. The summed E-state index contributed by atoms with van der Waals surface area (Å²) in [4.78, 5) is 19.3. The summed E-state index contributed by atoms with van der Waals surface area (Å²) in [7, 11) is 0. The minimum Gasteiger partial charge on any atom is -0.491 e. The lowest BCUT2D eigenvalue weighted by Crippen LogP contribution is -2.14. The number of nitrogens with zero attached hydrogens (tertiary/aromatic N) is 2. The molecule has 0 spiro atoms. The zero-order valence-corrected chi connectivity index (χ0v) is 48.2. The van der Waals surface area contributed by atoms with E-state index in [0.717, 1.165) is 138 Å². The minimum absolute atomic E-state index is 0.353. The lowest BCUT2D eigenvalue weighted by molar-refractivity contribution is 0.00486. The molecule has 6 aromatic rings. The van der Waals surface area contributed by atoms with Gasteiger partial charge in [0.1, 0.15) is 49.4 Å². The van der Waals surface area contributed by atoms with Crippen LogP contribution >= 0.6 is 0 Å². The number of H-pyrrole nitrogens is 2. The predicted octanol–water partition coefficient (Wildman–Crippen LogP) is 13.4. The molecular weight excluding hydrogens is 1010 g/mol. The number of hydrogen-bond donors (Lipinski definition) is 2. The molecule has 0 atom stereocenters. The second-order valence-corrected chi connectivity index (χ2v) is 19.9. The molecule has 9 heterocycles. The Morgan fingerprint density at radius 3 is 1.05 bits per heavy atom. The van der Waals surface area contributed by atoms with Crippen molar-refractivity contribution in [2.24, 2.45) is 0 Å². The molecule has 6 aliphatic rings. The quantitative estimate of drug-likeness (QED) is 0.173. The molecule has 12 bridgehead atoms. The number of aryl methyl sites for hydroxylation is 4. The van der Waals surface area contributed by atoms with Crippen molar-refractivity contribution in [2.45, 2.75) is 81.1 Å². The highest BCUT2D eigenvalue weighted by molar-refractivity contribution is 6.04. The third kappa shape index (κ3) is 13.5. The van der Waals surface area contributed by atoms with E-state index in [9.17, 15) is 0 Å². The zero-order chi connectivity index (χ0) is 55.8. The molecule has 14 heteroatoms. The van der Waals surface area contributed by atoms with E-state index in [0.29, 0.717) is 106 Å². The third-order valence-corrected chi connectivity index (χ3v) is 15.1. The molecule has 0 radical (unpaired) electrons. The van der Waals surface area contributed by atoms with Gasteiger partial charge in [-0.25, -0.2) is 9.97 Å². The van der Waals surface area contributed by atoms with Crippen LogP contribution in [0.4, 0.5) is 0 Å². The molecule has 0 saturated heterocycles. The van der Waals surface area contributed by atoms with Crippen molar-refractivity contribution in [1.82, 2.24) is 19.9 Å². The monoisotopic (exact) mass is 1090 g/mol. The first-order chi connectivity index (χ1) is 39.2. The first kappa shape index (κ1) is 57.9. The van der Waals surface area contributed by atoms with Crippen molar-refractivity contribution in [3.05, 3.63) is 130 Å². The molecule has 0 amide bonds. The maximum absolute atomic E-state index is 6.66. The molecule has 80 heavy (non-hydrogen) atoms. The van der Waals surface area contributed by atoms with Crippen LogP contribution < -0.4 is 18.9 Å². The average Bonchev–Trinajstić information content (AvgIpc) is 4.22. The lowest BCUT2D eigenvalue weighted by atomic mass is 9.94. The standard InChI is InChI=1S/C66H80N4O10/c1-9-49-43(5)63-61-53-17-13-15-19-59(53)79-39-35-75-31-27-71-25-29-73-33-37-77-47-21-23-48(24-22-47)78-38-34-74-30-26-72-28-32-76-36-40-80-60-20-16-14-18-54(60)62(65-44(6)50(10-2)56(68-65)41-55(49)67-63)66-46(8)52(12-4)58(70-66)42-57-51(11-3)45(7)64(61)69-57/h13-24,41-42,67,70H,9-12,25-40H2,1-8H3. The second-order valence-electron chi connectivity index (χ2n) is 19.9. The molecule has 12 rings (SSSR count). The van der Waals surface area contributed by atoms with Gasteiger partial charge in [-0.15, -0.1) is 0 Å². The number of allylic oxidation sites excluding steroid dienone is 4. The van der Waals surface area contributed by atoms with Crippen LogP contribution in [0.25, 0.3) is 66.6 Å². The predicted molar refractivity (Wildman–Crippen MR) is 319 cm³/mol. The van der Waals surface area contributed by atoms with Crippen LogP contribution in [0.15, 0.2) is 84.9 Å². The van der Waals surface area contributed by atoms with E-state index in [4.69, 9.17) is 57.3 Å². The van der Waals surface area contributed by atoms with Gasteiger partial charge in [0.2, 0.25) is 0 Å². The fraction of sp³-hybridized carbons (Fsp3) is 0.424. The van der Waals surface area contributed by atoms with E-state index in [-0.39, 0.29) is 0 Å². The molecule has 3 aromatic carbocycles. The smallest absolute Gasteiger partial charge is 0.127 e. The summed E-state index contributed by atoms with van der Waals surface area (Å²) in [6.07, 6.45) is 3.22. The number of benzene rings is 3. The Kier molecular flexibility index (Phi) is 20.7. The molecule has 424 valence electrons. The number of ether oxygens (including phenoxy) is 10. The normalized spacial score (nSPS) is 16.4. The molecule has 0 aliphatic carbocycles. The van der Waals surface area contributed by atoms with Gasteiger partial charge in [-0.3, -0.25) is 0 Å². The van der Waals surface area contributed by atoms with Crippen LogP contribution in [0.1, 0.15) is 99.4 Å². The number of hydrogen-bond acceptors (Lipinski definition) is 12. The summed E-state index contributed by atoms with van der Waals surface area (Å²) in [6.45, 7) is 24.6. The Labute approximate surface area is 471 Å². The van der Waals surface area contributed by atoms with Crippen LogP contribution in [-0.4, -0.2) is 126 Å². The topological polar surface area (TPSA) is 150 Å². The molecule has 0 fully saturated rings. The Balaban J connectivity index is 1.11. The highest BCUT2D eigenvalue weighted by Gasteiger charge is 2.27. The van der Waals surface area contributed by atoms with E-state index < -0.39 is 0 Å². The van der Waals surface area contributed by atoms with Gasteiger partial charge in [-0.05, 0) is 146 Å². The zero-order valence-electron chi connectivity index (χ0n) is 48.2. The number of para-hydroxylation sites is 2. The fourth-order valence-corrected chi connectivity index (χ4v) is 11.0. The van der Waals surface area contributed by atoms with E-state index in [1.165, 1.54) is 22.3 Å². The average molecular weight is 1090 g/mol. The van der Waals surface area contributed by atoms with Gasteiger partial charge < -0.3 is 57.3 Å². The van der Waals surface area contributed by atoms with Gasteiger partial charge in [-0.2, -0.15) is 0 Å². The summed E-state index contributed by atoms with van der Waals surface area (Å²) >= 11 is 0. The SMILES string of the molecule is CCC1=C(C)c2nc1cc1[nH]c(c(C)c1CC)c1c3nc(cc4[nH]c(c(C)c4CC)c2-c2ccccc2OCCOCCOCCOCCOc2ccc(cc2)OCCOCCOCCOCCOc2ccccc2-1)C(CC)=C3C. The van der Waals surface area contributed by atoms with Crippen molar-refractivity contribution in [3.63, 3.8) is 0 Å². The van der Waals surface area contributed by atoms with E-state index >= 15 is 0 Å². The summed E-state index contributed by atoms with van der Waals surface area (Å²) < 4.78 is 60.2. The van der Waals surface area contributed by atoms with E-state index in [2.05, 4.69) is 102 Å². The van der Waals surface area contributed by atoms with Gasteiger partial charge >= 0.3 is 0 Å². The van der Waals surface area contributed by atoms with Crippen LogP contribution in [0.5, 0.6) is 23.0 Å².